The molecule has 2 heterocycles. The van der Waals surface area contributed by atoms with Crippen LogP contribution in [-0.2, 0) is 16.0 Å². The van der Waals surface area contributed by atoms with Gasteiger partial charge >= 0.3 is 0 Å². The Bertz CT molecular complexity index is 517. The summed E-state index contributed by atoms with van der Waals surface area (Å²) in [6, 6.07) is 8.37. The molecule has 23 heavy (non-hydrogen) atoms. The van der Waals surface area contributed by atoms with E-state index in [1.807, 2.05) is 6.07 Å². The van der Waals surface area contributed by atoms with E-state index < -0.39 is 0 Å². The second kappa shape index (κ2) is 8.71. The third-order valence-electron chi connectivity index (χ3n) is 4.56. The molecule has 0 bridgehead atoms. The number of carbonyl (C=O) groups is 1. The number of ether oxygens (including phenoxy) is 1. The van der Waals surface area contributed by atoms with Crippen molar-refractivity contribution in [3.05, 3.63) is 35.4 Å². The predicted molar refractivity (Wildman–Crippen MR) is 94.8 cm³/mol. The van der Waals surface area contributed by atoms with Crippen molar-refractivity contribution in [2.45, 2.75) is 25.4 Å². The molecule has 3 rings (SSSR count). The molecular weight excluding hydrogens is 308 g/mol. The molecule has 1 aromatic rings. The van der Waals surface area contributed by atoms with Crippen LogP contribution in [0.3, 0.4) is 0 Å². The lowest BCUT2D eigenvalue weighted by atomic mass is 9.97. The molecule has 1 saturated heterocycles. The maximum Gasteiger partial charge on any atom is 0.230 e. The highest BCUT2D eigenvalue weighted by molar-refractivity contribution is 7.99. The lowest BCUT2D eigenvalue weighted by Gasteiger charge is -2.26. The van der Waals surface area contributed by atoms with Crippen molar-refractivity contribution in [1.29, 1.82) is 0 Å². The standard InChI is InChI=1S/C18H26N2O2S/c21-18(14-23-12-10-20-8-3-4-9-20)19-13-17-16-6-2-1-5-15(16)7-11-22-17/h1-2,5-6,17H,3-4,7-14H2,(H,19,21)/t17-/m1/s1. The van der Waals surface area contributed by atoms with E-state index in [4.69, 9.17) is 4.74 Å². The quantitative estimate of drug-likeness (QED) is 0.777. The molecule has 1 amide bonds. The normalized spacial score (nSPS) is 21.1. The van der Waals surface area contributed by atoms with Crippen LogP contribution in [0.5, 0.6) is 0 Å². The summed E-state index contributed by atoms with van der Waals surface area (Å²) in [6.07, 6.45) is 3.62. The second-order valence-electron chi connectivity index (χ2n) is 6.21. The van der Waals surface area contributed by atoms with Gasteiger partial charge in [-0.3, -0.25) is 4.79 Å². The van der Waals surface area contributed by atoms with Crippen molar-refractivity contribution in [3.63, 3.8) is 0 Å². The average molecular weight is 334 g/mol. The molecule has 0 radical (unpaired) electrons. The Kier molecular flexibility index (Phi) is 6.37. The fraction of sp³-hybridized carbons (Fsp3) is 0.611. The van der Waals surface area contributed by atoms with E-state index in [1.54, 1.807) is 11.8 Å². The first-order valence-corrected chi connectivity index (χ1v) is 9.74. The van der Waals surface area contributed by atoms with E-state index in [0.29, 0.717) is 12.3 Å². The summed E-state index contributed by atoms with van der Waals surface area (Å²) in [6.45, 7) is 4.87. The van der Waals surface area contributed by atoms with Crippen LogP contribution in [0.1, 0.15) is 30.1 Å². The topological polar surface area (TPSA) is 41.6 Å². The maximum absolute atomic E-state index is 12.0. The smallest absolute Gasteiger partial charge is 0.230 e. The van der Waals surface area contributed by atoms with Crippen LogP contribution in [0.4, 0.5) is 0 Å². The molecule has 0 saturated carbocycles. The van der Waals surface area contributed by atoms with E-state index >= 15 is 0 Å². The lowest BCUT2D eigenvalue weighted by molar-refractivity contribution is -0.119. The zero-order valence-electron chi connectivity index (χ0n) is 13.6. The highest BCUT2D eigenvalue weighted by Gasteiger charge is 2.20. The van der Waals surface area contributed by atoms with E-state index in [0.717, 1.165) is 25.3 Å². The maximum atomic E-state index is 12.0. The first-order valence-electron chi connectivity index (χ1n) is 8.59. The molecule has 0 aliphatic carbocycles. The molecule has 2 aliphatic heterocycles. The Balaban J connectivity index is 1.34. The van der Waals surface area contributed by atoms with E-state index in [9.17, 15) is 4.79 Å². The molecule has 126 valence electrons. The number of benzene rings is 1. The molecule has 1 fully saturated rings. The molecular formula is C18H26N2O2S. The van der Waals surface area contributed by atoms with Crippen molar-refractivity contribution in [2.24, 2.45) is 0 Å². The van der Waals surface area contributed by atoms with Crippen LogP contribution in [0, 0.1) is 0 Å². The fourth-order valence-electron chi connectivity index (χ4n) is 3.27. The molecule has 0 spiro atoms. The number of thioether (sulfide) groups is 1. The van der Waals surface area contributed by atoms with Gasteiger partial charge in [0.15, 0.2) is 0 Å². The minimum absolute atomic E-state index is 0.00139. The van der Waals surface area contributed by atoms with Gasteiger partial charge < -0.3 is 15.0 Å². The Hall–Kier alpha value is -1.04. The van der Waals surface area contributed by atoms with Crippen LogP contribution in [0.2, 0.25) is 0 Å². The van der Waals surface area contributed by atoms with Crippen LogP contribution in [0.15, 0.2) is 24.3 Å². The van der Waals surface area contributed by atoms with Crippen LogP contribution < -0.4 is 5.32 Å². The number of hydrogen-bond acceptors (Lipinski definition) is 4. The Morgan fingerprint density at radius 1 is 1.30 bits per heavy atom. The number of nitrogens with one attached hydrogen (secondary N) is 1. The third-order valence-corrected chi connectivity index (χ3v) is 5.50. The number of hydrogen-bond donors (Lipinski definition) is 1. The van der Waals surface area contributed by atoms with Gasteiger partial charge in [-0.2, -0.15) is 11.8 Å². The largest absolute Gasteiger partial charge is 0.371 e. The summed E-state index contributed by atoms with van der Waals surface area (Å²) in [5.74, 6) is 1.70. The molecule has 1 aromatic carbocycles. The Labute approximate surface area is 143 Å². The van der Waals surface area contributed by atoms with Gasteiger partial charge in [0, 0.05) is 18.8 Å². The average Bonchev–Trinajstić information content (AvgIpc) is 3.10. The Morgan fingerprint density at radius 2 is 2.13 bits per heavy atom. The SMILES string of the molecule is O=C(CSCCN1CCCC1)NC[C@H]1OCCc2ccccc21. The third kappa shape index (κ3) is 4.96. The van der Waals surface area contributed by atoms with Crippen molar-refractivity contribution >= 4 is 17.7 Å². The molecule has 4 nitrogen and oxygen atoms in total. The van der Waals surface area contributed by atoms with Gasteiger partial charge in [-0.15, -0.1) is 0 Å². The van der Waals surface area contributed by atoms with Gasteiger partial charge in [-0.1, -0.05) is 24.3 Å². The monoisotopic (exact) mass is 334 g/mol. The zero-order chi connectivity index (χ0) is 15.9. The Morgan fingerprint density at radius 3 is 3.00 bits per heavy atom. The molecule has 1 N–H and O–H groups in total. The number of likely N-dealkylation sites (tertiary alicyclic amines) is 1. The van der Waals surface area contributed by atoms with Crippen LogP contribution in [0.25, 0.3) is 0 Å². The summed E-state index contributed by atoms with van der Waals surface area (Å²) < 4.78 is 5.82. The van der Waals surface area contributed by atoms with Crippen molar-refractivity contribution in [3.8, 4) is 0 Å². The zero-order valence-corrected chi connectivity index (χ0v) is 14.4. The lowest BCUT2D eigenvalue weighted by Crippen LogP contribution is -2.33. The van der Waals surface area contributed by atoms with Gasteiger partial charge in [0.1, 0.15) is 6.10 Å². The summed E-state index contributed by atoms with van der Waals surface area (Å²) in [7, 11) is 0. The van der Waals surface area contributed by atoms with Gasteiger partial charge in [-0.25, -0.2) is 0 Å². The van der Waals surface area contributed by atoms with Gasteiger partial charge in [-0.05, 0) is 43.5 Å². The number of fused-ring (bicyclic) bond motifs is 1. The number of rotatable bonds is 7. The van der Waals surface area contributed by atoms with Crippen LogP contribution >= 0.6 is 11.8 Å². The minimum Gasteiger partial charge on any atom is -0.371 e. The van der Waals surface area contributed by atoms with Crippen LogP contribution in [-0.4, -0.2) is 55.1 Å². The summed E-state index contributed by atoms with van der Waals surface area (Å²) in [5.41, 5.74) is 2.57. The van der Waals surface area contributed by atoms with E-state index in [-0.39, 0.29) is 12.0 Å². The van der Waals surface area contributed by atoms with Crippen molar-refractivity contribution in [2.75, 3.05) is 44.3 Å². The molecule has 0 unspecified atom stereocenters. The first-order chi connectivity index (χ1) is 11.3. The van der Waals surface area contributed by atoms with Gasteiger partial charge in [0.05, 0.1) is 12.4 Å². The number of nitrogens with zero attached hydrogens (tertiary/aromatic N) is 1. The highest BCUT2D eigenvalue weighted by atomic mass is 32.2. The fourth-order valence-corrected chi connectivity index (χ4v) is 4.09. The van der Waals surface area contributed by atoms with Crippen molar-refractivity contribution < 1.29 is 9.53 Å². The molecule has 1 atom stereocenters. The predicted octanol–water partition coefficient (Wildman–Crippen LogP) is 2.25. The van der Waals surface area contributed by atoms with Gasteiger partial charge in [0.2, 0.25) is 5.91 Å². The number of carbonyl (C=O) groups excluding carboxylic acids is 1. The number of amides is 1. The summed E-state index contributed by atoms with van der Waals surface area (Å²) in [4.78, 5) is 14.5. The molecule has 2 aliphatic rings. The first kappa shape index (κ1) is 16.8. The highest BCUT2D eigenvalue weighted by Crippen LogP contribution is 2.26. The van der Waals surface area contributed by atoms with E-state index in [1.165, 1.54) is 37.1 Å². The summed E-state index contributed by atoms with van der Waals surface area (Å²) in [5, 5.41) is 3.02. The van der Waals surface area contributed by atoms with E-state index in [2.05, 4.69) is 28.4 Å². The minimum atomic E-state index is -0.00139. The van der Waals surface area contributed by atoms with Gasteiger partial charge in [0.25, 0.3) is 0 Å². The second-order valence-corrected chi connectivity index (χ2v) is 7.32. The summed E-state index contributed by atoms with van der Waals surface area (Å²) >= 11 is 1.73. The van der Waals surface area contributed by atoms with Crippen molar-refractivity contribution in [1.82, 2.24) is 10.2 Å². The molecule has 5 heteroatoms. The molecule has 0 aromatic heterocycles.